The summed E-state index contributed by atoms with van der Waals surface area (Å²) in [7, 11) is -10.2. The molecule has 42 heavy (non-hydrogen) atoms. The highest BCUT2D eigenvalue weighted by atomic mass is 32.2. The van der Waals surface area contributed by atoms with Gasteiger partial charge in [0.1, 0.15) is 24.5 Å². The minimum atomic E-state index is -5.67. The van der Waals surface area contributed by atoms with E-state index in [1.165, 1.54) is 6.92 Å². The van der Waals surface area contributed by atoms with Crippen LogP contribution in [-0.4, -0.2) is 57.7 Å². The number of nitrogens with zero attached hydrogens (tertiary/aromatic N) is 5. The first-order valence-corrected chi connectivity index (χ1v) is 14.8. The number of sulfonamides is 1. The van der Waals surface area contributed by atoms with Gasteiger partial charge in [0, 0.05) is 36.5 Å². The van der Waals surface area contributed by atoms with E-state index in [0.717, 1.165) is 47.6 Å². The standard InChI is InChI=1S/C23H22F6N5O6PS/c1-13-18(25)7-21(34(13)42(38,39)17-4-2-16(24)3-5-17)33(12-40-41(35,36)37)11-14-6-20(30-10-19(14)26)15-8-31-22(32-9-15)23(27,28)29/h2-6,8-10,13,18,21H,7,11-12H2,1H3,(H2,35,36,37)/p-2/t13-,18+,21-/m0/s1. The molecular weight excluding hydrogens is 619 g/mol. The molecule has 0 radical (unpaired) electrons. The minimum Gasteiger partial charge on any atom is -0.790 e. The maximum atomic E-state index is 15.0. The lowest BCUT2D eigenvalue weighted by atomic mass is 10.1. The van der Waals surface area contributed by atoms with Crippen molar-refractivity contribution in [2.24, 2.45) is 0 Å². The van der Waals surface area contributed by atoms with E-state index in [0.29, 0.717) is 10.5 Å². The highest BCUT2D eigenvalue weighted by Gasteiger charge is 2.48. The molecule has 0 spiro atoms. The fraction of sp³-hybridized carbons (Fsp3) is 0.348. The first-order chi connectivity index (χ1) is 19.5. The highest BCUT2D eigenvalue weighted by Crippen LogP contribution is 2.37. The molecule has 1 fully saturated rings. The summed E-state index contributed by atoms with van der Waals surface area (Å²) < 4.78 is 125. The van der Waals surface area contributed by atoms with E-state index in [9.17, 15) is 49.1 Å². The van der Waals surface area contributed by atoms with E-state index in [-0.39, 0.29) is 16.8 Å². The van der Waals surface area contributed by atoms with E-state index < -0.39 is 84.5 Å². The van der Waals surface area contributed by atoms with Crippen LogP contribution in [-0.2, 0) is 31.8 Å². The Balaban J connectivity index is 1.72. The van der Waals surface area contributed by atoms with Gasteiger partial charge in [-0.25, -0.2) is 31.6 Å². The van der Waals surface area contributed by atoms with Crippen molar-refractivity contribution in [2.75, 3.05) is 6.73 Å². The molecule has 19 heteroatoms. The zero-order valence-corrected chi connectivity index (χ0v) is 23.0. The molecule has 0 aliphatic carbocycles. The van der Waals surface area contributed by atoms with Gasteiger partial charge in [-0.3, -0.25) is 9.88 Å². The van der Waals surface area contributed by atoms with Crippen molar-refractivity contribution < 1.29 is 53.6 Å². The predicted molar refractivity (Wildman–Crippen MR) is 128 cm³/mol. The minimum absolute atomic E-state index is 0.0607. The van der Waals surface area contributed by atoms with Gasteiger partial charge in [0.25, 0.3) is 0 Å². The van der Waals surface area contributed by atoms with Crippen molar-refractivity contribution in [2.45, 2.75) is 49.3 Å². The predicted octanol–water partition coefficient (Wildman–Crippen LogP) is 2.59. The smallest absolute Gasteiger partial charge is 0.451 e. The van der Waals surface area contributed by atoms with Gasteiger partial charge in [0.2, 0.25) is 15.8 Å². The second-order valence-corrected chi connectivity index (χ2v) is 12.2. The van der Waals surface area contributed by atoms with Crippen molar-refractivity contribution in [1.82, 2.24) is 24.2 Å². The summed E-state index contributed by atoms with van der Waals surface area (Å²) in [6.45, 7) is -0.570. The van der Waals surface area contributed by atoms with Crippen molar-refractivity contribution in [3.8, 4) is 11.3 Å². The van der Waals surface area contributed by atoms with Crippen LogP contribution in [0.4, 0.5) is 26.3 Å². The summed E-state index contributed by atoms with van der Waals surface area (Å²) in [5.74, 6) is -3.20. The lowest BCUT2D eigenvalue weighted by molar-refractivity contribution is -0.344. The van der Waals surface area contributed by atoms with Gasteiger partial charge in [0.05, 0.1) is 36.8 Å². The fourth-order valence-corrected chi connectivity index (χ4v) is 6.44. The zero-order valence-electron chi connectivity index (χ0n) is 21.3. The van der Waals surface area contributed by atoms with Gasteiger partial charge in [-0.05, 0) is 37.3 Å². The molecule has 3 atom stereocenters. The van der Waals surface area contributed by atoms with Gasteiger partial charge in [-0.2, -0.15) is 17.5 Å². The average molecular weight is 639 g/mol. The van der Waals surface area contributed by atoms with Crippen molar-refractivity contribution >= 4 is 17.8 Å². The molecule has 0 unspecified atom stereocenters. The van der Waals surface area contributed by atoms with Crippen LogP contribution in [0, 0.1) is 11.6 Å². The quantitative estimate of drug-likeness (QED) is 0.194. The van der Waals surface area contributed by atoms with Crippen LogP contribution in [0.1, 0.15) is 24.7 Å². The van der Waals surface area contributed by atoms with E-state index in [1.54, 1.807) is 0 Å². The summed E-state index contributed by atoms with van der Waals surface area (Å²) in [5.41, 5.74) is -0.475. The number of hydrogen-bond donors (Lipinski definition) is 0. The Morgan fingerprint density at radius 2 is 1.71 bits per heavy atom. The zero-order chi connectivity index (χ0) is 31.0. The molecule has 0 bridgehead atoms. The van der Waals surface area contributed by atoms with Crippen molar-refractivity contribution in [3.63, 3.8) is 0 Å². The van der Waals surface area contributed by atoms with Crippen LogP contribution < -0.4 is 9.79 Å². The molecule has 2 aromatic heterocycles. The first kappa shape index (κ1) is 31.9. The molecule has 1 saturated heterocycles. The van der Waals surface area contributed by atoms with Crippen LogP contribution in [0.3, 0.4) is 0 Å². The second-order valence-electron chi connectivity index (χ2n) is 9.17. The molecular formula is C23H20F6N5O6PS-2. The van der Waals surface area contributed by atoms with Gasteiger partial charge in [-0.1, -0.05) is 0 Å². The van der Waals surface area contributed by atoms with Crippen LogP contribution in [0.15, 0.2) is 53.8 Å². The molecule has 228 valence electrons. The van der Waals surface area contributed by atoms with E-state index in [4.69, 9.17) is 0 Å². The Morgan fingerprint density at radius 1 is 1.10 bits per heavy atom. The molecule has 3 aromatic rings. The Kier molecular flexibility index (Phi) is 9.09. The maximum absolute atomic E-state index is 15.0. The van der Waals surface area contributed by atoms with E-state index in [1.807, 2.05) is 0 Å². The Labute approximate surface area is 235 Å². The lowest BCUT2D eigenvalue weighted by Gasteiger charge is -2.38. The number of benzene rings is 1. The van der Waals surface area contributed by atoms with Crippen LogP contribution in [0.2, 0.25) is 0 Å². The molecule has 0 N–H and O–H groups in total. The maximum Gasteiger partial charge on any atom is 0.451 e. The van der Waals surface area contributed by atoms with Gasteiger partial charge < -0.3 is 18.9 Å². The first-order valence-electron chi connectivity index (χ1n) is 11.9. The summed E-state index contributed by atoms with van der Waals surface area (Å²) in [4.78, 5) is 33.2. The average Bonchev–Trinajstić information content (AvgIpc) is 3.21. The van der Waals surface area contributed by atoms with Gasteiger partial charge >= 0.3 is 6.18 Å². The number of phosphoric ester groups is 1. The number of hydrogen-bond acceptors (Lipinski definition) is 10. The number of alkyl halides is 4. The lowest BCUT2D eigenvalue weighted by Crippen LogP contribution is -2.50. The summed E-state index contributed by atoms with van der Waals surface area (Å²) >= 11 is 0. The third-order valence-corrected chi connectivity index (χ3v) is 8.79. The SMILES string of the molecule is C[C@H]1[C@H](F)C[C@@H](N(COP(=O)([O-])[O-])Cc2cc(-c3cnc(C(F)(F)F)nc3)ncc2F)N1S(=O)(=O)c1ccc(F)cc1. The fourth-order valence-electron chi connectivity index (χ4n) is 4.32. The third-order valence-electron chi connectivity index (χ3n) is 6.36. The summed E-state index contributed by atoms with van der Waals surface area (Å²) in [6, 6.07) is 3.31. The topological polar surface area (TPSA) is 152 Å². The van der Waals surface area contributed by atoms with Crippen molar-refractivity contribution in [3.05, 3.63) is 71.9 Å². The Hall–Kier alpha value is -2.99. The molecule has 11 nitrogen and oxygen atoms in total. The second kappa shape index (κ2) is 11.9. The summed E-state index contributed by atoms with van der Waals surface area (Å²) in [6.07, 6.45) is -6.45. The van der Waals surface area contributed by atoms with Crippen LogP contribution in [0.25, 0.3) is 11.3 Å². The Bertz CT molecular complexity index is 1580. The third kappa shape index (κ3) is 7.14. The molecule has 0 amide bonds. The van der Waals surface area contributed by atoms with Crippen LogP contribution in [0.5, 0.6) is 0 Å². The molecule has 1 aliphatic heterocycles. The molecule has 3 heterocycles. The largest absolute Gasteiger partial charge is 0.790 e. The normalized spacial score (nSPS) is 20.4. The number of halogens is 6. The van der Waals surface area contributed by atoms with Gasteiger partial charge in [-0.15, -0.1) is 0 Å². The van der Waals surface area contributed by atoms with E-state index >= 15 is 0 Å². The monoisotopic (exact) mass is 639 g/mol. The van der Waals surface area contributed by atoms with Crippen LogP contribution >= 0.6 is 7.82 Å². The Morgan fingerprint density at radius 3 is 2.29 bits per heavy atom. The molecule has 1 aliphatic rings. The number of aromatic nitrogens is 3. The number of rotatable bonds is 9. The number of phosphoric acid groups is 1. The molecule has 0 saturated carbocycles. The van der Waals surface area contributed by atoms with Gasteiger partial charge in [0.15, 0.2) is 0 Å². The number of pyridine rings is 1. The van der Waals surface area contributed by atoms with E-state index in [2.05, 4.69) is 19.5 Å². The summed E-state index contributed by atoms with van der Waals surface area (Å²) in [5, 5.41) is 0. The highest BCUT2D eigenvalue weighted by molar-refractivity contribution is 7.89. The van der Waals surface area contributed by atoms with Crippen molar-refractivity contribution in [1.29, 1.82) is 0 Å². The molecule has 1 aromatic carbocycles. The molecule has 4 rings (SSSR count).